The van der Waals surface area contributed by atoms with Gasteiger partial charge in [0.25, 0.3) is 5.91 Å². The van der Waals surface area contributed by atoms with Crippen LogP contribution in [0.5, 0.6) is 5.75 Å². The highest BCUT2D eigenvalue weighted by atomic mass is 19.4. The van der Waals surface area contributed by atoms with Crippen molar-refractivity contribution < 1.29 is 22.7 Å². The largest absolute Gasteiger partial charge is 0.490 e. The van der Waals surface area contributed by atoms with Crippen LogP contribution in [0, 0.1) is 6.92 Å². The summed E-state index contributed by atoms with van der Waals surface area (Å²) in [5.41, 5.74) is 0.772. The number of rotatable bonds is 4. The van der Waals surface area contributed by atoms with E-state index in [4.69, 9.17) is 4.74 Å². The molecule has 136 valence electrons. The van der Waals surface area contributed by atoms with Gasteiger partial charge in [-0.1, -0.05) is 0 Å². The van der Waals surface area contributed by atoms with Gasteiger partial charge in [-0.05, 0) is 50.2 Å². The predicted octanol–water partition coefficient (Wildman–Crippen LogP) is 4.31. The van der Waals surface area contributed by atoms with Gasteiger partial charge in [0, 0.05) is 11.9 Å². The second-order valence-electron chi connectivity index (χ2n) is 5.57. The minimum absolute atomic E-state index is 0.262. The minimum Gasteiger partial charge on any atom is -0.490 e. The molecule has 0 atom stereocenters. The number of carbonyl (C=O) groups is 1. The number of benzene rings is 1. The molecule has 0 saturated heterocycles. The Morgan fingerprint density at radius 2 is 1.92 bits per heavy atom. The minimum atomic E-state index is -4.42. The maximum atomic E-state index is 12.6. The summed E-state index contributed by atoms with van der Waals surface area (Å²) >= 11 is 0. The summed E-state index contributed by atoms with van der Waals surface area (Å²) in [4.78, 5) is 17.0. The van der Waals surface area contributed by atoms with Crippen LogP contribution in [0.25, 0.3) is 5.65 Å². The first-order chi connectivity index (χ1) is 12.3. The van der Waals surface area contributed by atoms with Crippen molar-refractivity contribution in [3.05, 3.63) is 59.5 Å². The number of imidazole rings is 1. The number of aryl methyl sites for hydroxylation is 1. The molecule has 0 spiro atoms. The normalized spacial score (nSPS) is 11.6. The molecule has 3 rings (SSSR count). The molecule has 3 aromatic rings. The zero-order valence-corrected chi connectivity index (χ0v) is 14.1. The quantitative estimate of drug-likeness (QED) is 0.751. The summed E-state index contributed by atoms with van der Waals surface area (Å²) in [5, 5.41) is 2.60. The maximum absolute atomic E-state index is 12.6. The molecule has 1 N–H and O–H groups in total. The number of amides is 1. The fourth-order valence-electron chi connectivity index (χ4n) is 2.63. The number of alkyl halides is 3. The second-order valence-corrected chi connectivity index (χ2v) is 5.57. The van der Waals surface area contributed by atoms with E-state index in [1.54, 1.807) is 29.7 Å². The molecule has 0 aliphatic heterocycles. The monoisotopic (exact) mass is 363 g/mol. The summed E-state index contributed by atoms with van der Waals surface area (Å²) in [5.74, 6) is 0.0788. The van der Waals surface area contributed by atoms with Crippen molar-refractivity contribution in [2.75, 3.05) is 11.9 Å². The standard InChI is InChI=1S/C18H16F3N3O2/c1-3-26-14-5-4-10-24-15(11(2)22-16(14)24)17(25)23-13-8-6-12(7-9-13)18(19,20)21/h4-10H,3H2,1-2H3,(H,23,25). The molecule has 0 aliphatic carbocycles. The lowest BCUT2D eigenvalue weighted by atomic mass is 10.2. The molecule has 0 fully saturated rings. The molecular formula is C18H16F3N3O2. The smallest absolute Gasteiger partial charge is 0.416 e. The van der Waals surface area contributed by atoms with Crippen LogP contribution >= 0.6 is 0 Å². The Morgan fingerprint density at radius 1 is 1.23 bits per heavy atom. The van der Waals surface area contributed by atoms with Crippen molar-refractivity contribution in [2.24, 2.45) is 0 Å². The van der Waals surface area contributed by atoms with Crippen LogP contribution in [0.3, 0.4) is 0 Å². The number of hydrogen-bond acceptors (Lipinski definition) is 3. The van der Waals surface area contributed by atoms with E-state index in [1.165, 1.54) is 12.1 Å². The SMILES string of the molecule is CCOc1cccn2c(C(=O)Nc3ccc(C(F)(F)F)cc3)c(C)nc12. The first-order valence-electron chi connectivity index (χ1n) is 7.90. The number of aromatic nitrogens is 2. The lowest BCUT2D eigenvalue weighted by Crippen LogP contribution is -2.16. The fraction of sp³-hybridized carbons (Fsp3) is 0.222. The van der Waals surface area contributed by atoms with Crippen molar-refractivity contribution in [2.45, 2.75) is 20.0 Å². The average Bonchev–Trinajstić information content (AvgIpc) is 2.92. The van der Waals surface area contributed by atoms with Gasteiger partial charge in [0.05, 0.1) is 17.9 Å². The Morgan fingerprint density at radius 3 is 2.54 bits per heavy atom. The van der Waals surface area contributed by atoms with Crippen molar-refractivity contribution in [3.63, 3.8) is 0 Å². The lowest BCUT2D eigenvalue weighted by Gasteiger charge is -2.09. The molecule has 8 heteroatoms. The van der Waals surface area contributed by atoms with Gasteiger partial charge < -0.3 is 10.1 Å². The number of carbonyl (C=O) groups excluding carboxylic acids is 1. The highest BCUT2D eigenvalue weighted by Crippen LogP contribution is 2.30. The number of ether oxygens (including phenoxy) is 1. The summed E-state index contributed by atoms with van der Waals surface area (Å²) in [6, 6.07) is 7.75. The number of fused-ring (bicyclic) bond motifs is 1. The Labute approximate surface area is 147 Å². The Hall–Kier alpha value is -3.03. The molecule has 26 heavy (non-hydrogen) atoms. The predicted molar refractivity (Wildman–Crippen MR) is 90.5 cm³/mol. The third kappa shape index (κ3) is 3.35. The Bertz CT molecular complexity index is 947. The fourth-order valence-corrected chi connectivity index (χ4v) is 2.63. The van der Waals surface area contributed by atoms with Gasteiger partial charge >= 0.3 is 6.18 Å². The van der Waals surface area contributed by atoms with Crippen LogP contribution < -0.4 is 10.1 Å². The van der Waals surface area contributed by atoms with Crippen LogP contribution in [0.4, 0.5) is 18.9 Å². The van der Waals surface area contributed by atoms with E-state index < -0.39 is 17.6 Å². The highest BCUT2D eigenvalue weighted by molar-refractivity contribution is 6.04. The first kappa shape index (κ1) is 17.8. The number of nitrogens with one attached hydrogen (secondary N) is 1. The van der Waals surface area contributed by atoms with E-state index in [2.05, 4.69) is 10.3 Å². The lowest BCUT2D eigenvalue weighted by molar-refractivity contribution is -0.137. The topological polar surface area (TPSA) is 55.6 Å². The number of nitrogens with zero attached hydrogens (tertiary/aromatic N) is 2. The van der Waals surface area contributed by atoms with Gasteiger partial charge in [0.2, 0.25) is 0 Å². The maximum Gasteiger partial charge on any atom is 0.416 e. The molecule has 2 aromatic heterocycles. The van der Waals surface area contributed by atoms with Gasteiger partial charge in [-0.25, -0.2) is 4.98 Å². The highest BCUT2D eigenvalue weighted by Gasteiger charge is 2.30. The van der Waals surface area contributed by atoms with Crippen molar-refractivity contribution >= 4 is 17.2 Å². The average molecular weight is 363 g/mol. The van der Waals surface area contributed by atoms with Gasteiger partial charge in [0.1, 0.15) is 5.69 Å². The number of halogens is 3. The van der Waals surface area contributed by atoms with Gasteiger partial charge in [0.15, 0.2) is 11.4 Å². The van der Waals surface area contributed by atoms with Crippen molar-refractivity contribution in [1.82, 2.24) is 9.38 Å². The third-order valence-electron chi connectivity index (χ3n) is 3.77. The van der Waals surface area contributed by atoms with E-state index in [-0.39, 0.29) is 5.69 Å². The molecule has 0 bridgehead atoms. The van der Waals surface area contributed by atoms with Crippen LogP contribution in [-0.2, 0) is 6.18 Å². The Kier molecular flexibility index (Phi) is 4.58. The molecule has 1 amide bonds. The zero-order valence-electron chi connectivity index (χ0n) is 14.1. The van der Waals surface area contributed by atoms with Gasteiger partial charge in [-0.3, -0.25) is 9.20 Å². The molecule has 2 heterocycles. The van der Waals surface area contributed by atoms with Crippen molar-refractivity contribution in [3.8, 4) is 5.75 Å². The van der Waals surface area contributed by atoms with Crippen LogP contribution in [-0.4, -0.2) is 21.9 Å². The molecule has 5 nitrogen and oxygen atoms in total. The third-order valence-corrected chi connectivity index (χ3v) is 3.77. The summed E-state index contributed by atoms with van der Waals surface area (Å²) < 4.78 is 45.0. The second kappa shape index (κ2) is 6.70. The van der Waals surface area contributed by atoms with Crippen LogP contribution in [0.2, 0.25) is 0 Å². The Balaban J connectivity index is 1.91. The molecule has 0 aliphatic rings. The van der Waals surface area contributed by atoms with Crippen LogP contribution in [0.1, 0.15) is 28.7 Å². The van der Waals surface area contributed by atoms with E-state index in [0.717, 1.165) is 12.1 Å². The summed E-state index contributed by atoms with van der Waals surface area (Å²) in [6.45, 7) is 3.99. The van der Waals surface area contributed by atoms with E-state index in [1.807, 2.05) is 6.92 Å². The molecular weight excluding hydrogens is 347 g/mol. The van der Waals surface area contributed by atoms with E-state index >= 15 is 0 Å². The van der Waals surface area contributed by atoms with E-state index in [0.29, 0.717) is 29.4 Å². The van der Waals surface area contributed by atoms with Crippen LogP contribution in [0.15, 0.2) is 42.6 Å². The zero-order chi connectivity index (χ0) is 18.9. The van der Waals surface area contributed by atoms with Gasteiger partial charge in [-0.2, -0.15) is 13.2 Å². The number of pyridine rings is 1. The summed E-state index contributed by atoms with van der Waals surface area (Å²) in [6.07, 6.45) is -2.74. The molecule has 0 radical (unpaired) electrons. The van der Waals surface area contributed by atoms with Crippen molar-refractivity contribution in [1.29, 1.82) is 0 Å². The van der Waals surface area contributed by atoms with Gasteiger partial charge in [-0.15, -0.1) is 0 Å². The number of hydrogen-bond donors (Lipinski definition) is 1. The summed E-state index contributed by atoms with van der Waals surface area (Å²) in [7, 11) is 0. The molecule has 0 unspecified atom stereocenters. The molecule has 1 aromatic carbocycles. The van der Waals surface area contributed by atoms with E-state index in [9.17, 15) is 18.0 Å². The first-order valence-corrected chi connectivity index (χ1v) is 7.90. The number of anilines is 1. The molecule has 0 saturated carbocycles.